The van der Waals surface area contributed by atoms with Crippen molar-refractivity contribution in [2.24, 2.45) is 0 Å². The molecule has 2 aromatic heterocycles. The highest BCUT2D eigenvalue weighted by molar-refractivity contribution is 6.26. The molecule has 1 aliphatic rings. The van der Waals surface area contributed by atoms with Crippen molar-refractivity contribution in [3.63, 3.8) is 0 Å². The predicted molar refractivity (Wildman–Crippen MR) is 73.0 cm³/mol. The number of imidazole rings is 1. The summed E-state index contributed by atoms with van der Waals surface area (Å²) in [5.74, 6) is 0.297. The molecule has 0 bridgehead atoms. The predicted octanol–water partition coefficient (Wildman–Crippen LogP) is 2.16. The van der Waals surface area contributed by atoms with Crippen LogP contribution in [0.5, 0.6) is 0 Å². The van der Waals surface area contributed by atoms with Crippen LogP contribution in [0.15, 0.2) is 18.3 Å². The minimum Gasteiger partial charge on any atom is -0.325 e. The van der Waals surface area contributed by atoms with E-state index in [1.54, 1.807) is 12.1 Å². The number of hydrogen-bond donors (Lipinski definition) is 0. The van der Waals surface area contributed by atoms with Gasteiger partial charge < -0.3 is 4.57 Å². The molecule has 5 nitrogen and oxygen atoms in total. The third kappa shape index (κ3) is 1.70. The van der Waals surface area contributed by atoms with Gasteiger partial charge in [0.1, 0.15) is 22.9 Å². The number of carbonyl (C=O) groups is 2. The zero-order valence-electron chi connectivity index (χ0n) is 11.5. The number of ketones is 2. The Morgan fingerprint density at radius 1 is 1.20 bits per heavy atom. The molecule has 0 spiro atoms. The lowest BCUT2D eigenvalue weighted by Gasteiger charge is -2.15. The molecule has 0 saturated heterocycles. The van der Waals surface area contributed by atoms with E-state index in [2.05, 4.69) is 16.9 Å². The van der Waals surface area contributed by atoms with Gasteiger partial charge in [-0.25, -0.2) is 4.98 Å². The summed E-state index contributed by atoms with van der Waals surface area (Å²) in [6.45, 7) is 4.61. The van der Waals surface area contributed by atoms with Gasteiger partial charge in [0.05, 0.1) is 5.56 Å². The first-order valence-electron chi connectivity index (χ1n) is 6.76. The maximum atomic E-state index is 12.6. The first-order chi connectivity index (χ1) is 9.65. The molecule has 20 heavy (non-hydrogen) atoms. The molecule has 0 radical (unpaired) electrons. The van der Waals surface area contributed by atoms with Crippen LogP contribution >= 0.6 is 0 Å². The van der Waals surface area contributed by atoms with Gasteiger partial charge >= 0.3 is 0 Å². The summed E-state index contributed by atoms with van der Waals surface area (Å²) < 4.78 is 1.84. The van der Waals surface area contributed by atoms with Crippen LogP contribution in [0.1, 0.15) is 57.8 Å². The Labute approximate surface area is 116 Å². The van der Waals surface area contributed by atoms with Crippen molar-refractivity contribution in [2.75, 3.05) is 0 Å². The maximum absolute atomic E-state index is 12.6. The molecule has 0 atom stereocenters. The number of hydrogen-bond acceptors (Lipinski definition) is 4. The third-order valence-electron chi connectivity index (χ3n) is 3.59. The van der Waals surface area contributed by atoms with Crippen LogP contribution < -0.4 is 0 Å². The summed E-state index contributed by atoms with van der Waals surface area (Å²) in [5, 5.41) is 0. The Morgan fingerprint density at radius 3 is 2.75 bits per heavy atom. The highest BCUT2D eigenvalue weighted by atomic mass is 16.1. The molecule has 2 heterocycles. The van der Waals surface area contributed by atoms with E-state index >= 15 is 0 Å². The molecule has 0 aromatic carbocycles. The topological polar surface area (TPSA) is 64.8 Å². The lowest BCUT2D eigenvalue weighted by atomic mass is 9.94. The van der Waals surface area contributed by atoms with E-state index < -0.39 is 0 Å². The largest absolute Gasteiger partial charge is 0.325 e. The van der Waals surface area contributed by atoms with E-state index in [4.69, 9.17) is 0 Å². The van der Waals surface area contributed by atoms with Gasteiger partial charge in [0, 0.05) is 12.7 Å². The van der Waals surface area contributed by atoms with Gasteiger partial charge in [0.2, 0.25) is 11.6 Å². The van der Waals surface area contributed by atoms with Crippen LogP contribution in [0.25, 0.3) is 0 Å². The van der Waals surface area contributed by atoms with Crippen molar-refractivity contribution in [3.8, 4) is 0 Å². The SMILES string of the molecule is CCCCn1c(C)nc2c1C(=O)c1ncccc1C2=O. The van der Waals surface area contributed by atoms with E-state index in [-0.39, 0.29) is 23.0 Å². The minimum atomic E-state index is -0.207. The van der Waals surface area contributed by atoms with E-state index in [1.165, 1.54) is 6.20 Å². The molecular weight excluding hydrogens is 254 g/mol. The first-order valence-corrected chi connectivity index (χ1v) is 6.76. The summed E-state index contributed by atoms with van der Waals surface area (Å²) >= 11 is 0. The Morgan fingerprint density at radius 2 is 2.00 bits per heavy atom. The van der Waals surface area contributed by atoms with Gasteiger partial charge in [-0.05, 0) is 25.5 Å². The van der Waals surface area contributed by atoms with Crippen LogP contribution in [0.3, 0.4) is 0 Å². The lowest BCUT2D eigenvalue weighted by molar-refractivity contribution is 0.0967. The van der Waals surface area contributed by atoms with Gasteiger partial charge in [-0.1, -0.05) is 13.3 Å². The van der Waals surface area contributed by atoms with Gasteiger partial charge in [-0.2, -0.15) is 0 Å². The smallest absolute Gasteiger partial charge is 0.230 e. The molecule has 0 N–H and O–H groups in total. The monoisotopic (exact) mass is 269 g/mol. The zero-order chi connectivity index (χ0) is 14.3. The van der Waals surface area contributed by atoms with Crippen molar-refractivity contribution in [1.29, 1.82) is 0 Å². The van der Waals surface area contributed by atoms with Gasteiger partial charge in [-0.3, -0.25) is 14.6 Å². The van der Waals surface area contributed by atoms with E-state index in [1.807, 2.05) is 11.5 Å². The Bertz CT molecular complexity index is 716. The van der Waals surface area contributed by atoms with Crippen LogP contribution in [0.2, 0.25) is 0 Å². The summed E-state index contributed by atoms with van der Waals surface area (Å²) in [6.07, 6.45) is 3.50. The number of unbranched alkanes of at least 4 members (excludes halogenated alkanes) is 1. The number of fused-ring (bicyclic) bond motifs is 2. The third-order valence-corrected chi connectivity index (χ3v) is 3.59. The van der Waals surface area contributed by atoms with Crippen LogP contribution in [-0.4, -0.2) is 26.1 Å². The van der Waals surface area contributed by atoms with Crippen LogP contribution in [0, 0.1) is 6.92 Å². The fourth-order valence-electron chi connectivity index (χ4n) is 2.55. The van der Waals surface area contributed by atoms with Gasteiger partial charge in [-0.15, -0.1) is 0 Å². The average Bonchev–Trinajstić information content (AvgIpc) is 2.80. The first kappa shape index (κ1) is 12.7. The summed E-state index contributed by atoms with van der Waals surface area (Å²) in [5.41, 5.74) is 1.25. The molecule has 0 amide bonds. The van der Waals surface area contributed by atoms with Crippen LogP contribution in [0.4, 0.5) is 0 Å². The lowest BCUT2D eigenvalue weighted by Crippen LogP contribution is -2.24. The molecule has 3 rings (SSSR count). The molecule has 102 valence electrons. The number of nitrogens with zero attached hydrogens (tertiary/aromatic N) is 3. The van der Waals surface area contributed by atoms with Crippen LogP contribution in [-0.2, 0) is 6.54 Å². The van der Waals surface area contributed by atoms with Crippen molar-refractivity contribution < 1.29 is 9.59 Å². The molecule has 1 aliphatic carbocycles. The second-order valence-electron chi connectivity index (χ2n) is 4.92. The number of aryl methyl sites for hydroxylation is 1. The fraction of sp³-hybridized carbons (Fsp3) is 0.333. The van der Waals surface area contributed by atoms with Crippen molar-refractivity contribution >= 4 is 11.6 Å². The van der Waals surface area contributed by atoms with Crippen molar-refractivity contribution in [1.82, 2.24) is 14.5 Å². The molecule has 0 fully saturated rings. The molecule has 5 heteroatoms. The zero-order valence-corrected chi connectivity index (χ0v) is 11.5. The Hall–Kier alpha value is -2.30. The van der Waals surface area contributed by atoms with E-state index in [0.29, 0.717) is 23.6 Å². The summed E-state index contributed by atoms with van der Waals surface area (Å²) in [7, 11) is 0. The highest BCUT2D eigenvalue weighted by Gasteiger charge is 2.35. The molecule has 0 aliphatic heterocycles. The number of rotatable bonds is 3. The maximum Gasteiger partial charge on any atom is 0.230 e. The Balaban J connectivity index is 2.18. The normalized spacial score (nSPS) is 13.3. The molecule has 0 unspecified atom stereocenters. The van der Waals surface area contributed by atoms with E-state index in [9.17, 15) is 9.59 Å². The fourth-order valence-corrected chi connectivity index (χ4v) is 2.55. The van der Waals surface area contributed by atoms with Gasteiger partial charge in [0.25, 0.3) is 0 Å². The second-order valence-corrected chi connectivity index (χ2v) is 4.92. The van der Waals surface area contributed by atoms with E-state index in [0.717, 1.165) is 12.8 Å². The van der Waals surface area contributed by atoms with Gasteiger partial charge in [0.15, 0.2) is 0 Å². The standard InChI is InChI=1S/C15H15N3O2/c1-3-4-8-18-9(2)17-12-13(18)15(20)11-10(14(12)19)6-5-7-16-11/h5-7H,3-4,8H2,1-2H3. The summed E-state index contributed by atoms with van der Waals surface area (Å²) in [4.78, 5) is 33.4. The highest BCUT2D eigenvalue weighted by Crippen LogP contribution is 2.26. The molecule has 0 saturated carbocycles. The second kappa shape index (κ2) is 4.67. The minimum absolute atomic E-state index is 0.202. The summed E-state index contributed by atoms with van der Waals surface area (Å²) in [6, 6.07) is 3.29. The average molecular weight is 269 g/mol. The molecule has 2 aromatic rings. The quantitative estimate of drug-likeness (QED) is 0.731. The number of pyridine rings is 1. The number of carbonyl (C=O) groups excluding carboxylic acids is 2. The van der Waals surface area contributed by atoms with Crippen molar-refractivity contribution in [2.45, 2.75) is 33.2 Å². The van der Waals surface area contributed by atoms with Crippen molar-refractivity contribution in [3.05, 3.63) is 46.8 Å². The number of aromatic nitrogens is 3. The Kier molecular flexibility index (Phi) is 2.97. The molecular formula is C15H15N3O2.